The summed E-state index contributed by atoms with van der Waals surface area (Å²) in [6, 6.07) is 3.81. The van der Waals surface area contributed by atoms with E-state index in [2.05, 4.69) is 15.9 Å². The molecule has 0 fully saturated rings. The van der Waals surface area contributed by atoms with Gasteiger partial charge in [0.15, 0.2) is 0 Å². The monoisotopic (exact) mass is 281 g/mol. The summed E-state index contributed by atoms with van der Waals surface area (Å²) in [5.41, 5.74) is -1.42. The van der Waals surface area contributed by atoms with Crippen molar-refractivity contribution in [3.63, 3.8) is 0 Å². The molecule has 0 aliphatic heterocycles. The van der Waals surface area contributed by atoms with Crippen LogP contribution in [0.5, 0.6) is 0 Å². The maximum Gasteiger partial charge on any atom is 0.416 e. The third kappa shape index (κ3) is 2.69. The van der Waals surface area contributed by atoms with Gasteiger partial charge < -0.3 is 0 Å². The van der Waals surface area contributed by atoms with E-state index in [1.54, 1.807) is 6.07 Å². The highest BCUT2D eigenvalue weighted by atomic mass is 79.9. The van der Waals surface area contributed by atoms with Gasteiger partial charge in [-0.2, -0.15) is 18.4 Å². The highest BCUT2D eigenvalue weighted by molar-refractivity contribution is 9.09. The Morgan fingerprint density at radius 3 is 2.40 bits per heavy atom. The number of alkyl halides is 4. The predicted octanol–water partition coefficient (Wildman–Crippen LogP) is 3.80. The summed E-state index contributed by atoms with van der Waals surface area (Å²) in [6.45, 7) is 0. The number of hydrogen-bond acceptors (Lipinski definition) is 1. The average Bonchev–Trinajstić information content (AvgIpc) is 2.15. The first-order valence-electron chi connectivity index (χ1n) is 3.76. The van der Waals surface area contributed by atoms with Crippen LogP contribution in [0.4, 0.5) is 17.6 Å². The SMILES string of the molecule is N#CC(Br)c1ccc(F)cc1C(F)(F)F. The summed E-state index contributed by atoms with van der Waals surface area (Å²) in [4.78, 5) is -1.10. The molecule has 0 spiro atoms. The summed E-state index contributed by atoms with van der Waals surface area (Å²) in [6.07, 6.45) is -4.67. The molecule has 0 heterocycles. The molecule has 0 N–H and O–H groups in total. The van der Waals surface area contributed by atoms with Crippen LogP contribution in [0, 0.1) is 17.1 Å². The van der Waals surface area contributed by atoms with Gasteiger partial charge in [-0.3, -0.25) is 0 Å². The van der Waals surface area contributed by atoms with E-state index < -0.39 is 22.4 Å². The first-order valence-corrected chi connectivity index (χ1v) is 4.68. The molecule has 0 aliphatic rings. The molecule has 0 saturated heterocycles. The van der Waals surface area contributed by atoms with Gasteiger partial charge in [-0.1, -0.05) is 22.0 Å². The Morgan fingerprint density at radius 2 is 1.93 bits per heavy atom. The van der Waals surface area contributed by atoms with Crippen molar-refractivity contribution in [2.75, 3.05) is 0 Å². The Balaban J connectivity index is 3.35. The Morgan fingerprint density at radius 1 is 1.33 bits per heavy atom. The smallest absolute Gasteiger partial charge is 0.207 e. The fourth-order valence-electron chi connectivity index (χ4n) is 1.06. The van der Waals surface area contributed by atoms with Crippen LogP contribution >= 0.6 is 15.9 Å². The second kappa shape index (κ2) is 4.19. The average molecular weight is 282 g/mol. The van der Waals surface area contributed by atoms with Gasteiger partial charge in [0.25, 0.3) is 0 Å². The standard InChI is InChI=1S/C9H4BrF4N/c10-8(4-15)6-2-1-5(11)3-7(6)9(12,13)14/h1-3,8H. The van der Waals surface area contributed by atoms with Gasteiger partial charge in [-0.05, 0) is 17.7 Å². The van der Waals surface area contributed by atoms with E-state index >= 15 is 0 Å². The van der Waals surface area contributed by atoms with Crippen molar-refractivity contribution in [3.05, 3.63) is 35.1 Å². The lowest BCUT2D eigenvalue weighted by Crippen LogP contribution is -2.10. The van der Waals surface area contributed by atoms with Crippen molar-refractivity contribution in [2.45, 2.75) is 11.0 Å². The van der Waals surface area contributed by atoms with E-state index in [4.69, 9.17) is 5.26 Å². The molecule has 1 rings (SSSR count). The van der Waals surface area contributed by atoms with Gasteiger partial charge >= 0.3 is 6.18 Å². The zero-order valence-electron chi connectivity index (χ0n) is 7.15. The molecule has 0 aliphatic carbocycles. The Bertz CT molecular complexity index is 408. The first kappa shape index (κ1) is 12.0. The van der Waals surface area contributed by atoms with Crippen molar-refractivity contribution in [1.29, 1.82) is 5.26 Å². The molecule has 1 unspecified atom stereocenters. The topological polar surface area (TPSA) is 23.8 Å². The summed E-state index contributed by atoms with van der Waals surface area (Å²) in [5, 5.41) is 8.49. The van der Waals surface area contributed by atoms with Crippen LogP contribution in [-0.4, -0.2) is 0 Å². The molecule has 1 aromatic carbocycles. The molecular formula is C9H4BrF4N. The summed E-state index contributed by atoms with van der Waals surface area (Å²) < 4.78 is 49.9. The zero-order chi connectivity index (χ0) is 11.6. The lowest BCUT2D eigenvalue weighted by molar-refractivity contribution is -0.138. The van der Waals surface area contributed by atoms with E-state index in [1.807, 2.05) is 0 Å². The summed E-state index contributed by atoms with van der Waals surface area (Å²) in [7, 11) is 0. The Hall–Kier alpha value is -1.09. The molecule has 80 valence electrons. The molecule has 1 aromatic rings. The second-order valence-corrected chi connectivity index (χ2v) is 3.64. The minimum atomic E-state index is -4.67. The highest BCUT2D eigenvalue weighted by Gasteiger charge is 2.35. The minimum Gasteiger partial charge on any atom is -0.207 e. The Labute approximate surface area is 91.4 Å². The molecule has 1 atom stereocenters. The van der Waals surface area contributed by atoms with Crippen molar-refractivity contribution >= 4 is 15.9 Å². The second-order valence-electron chi connectivity index (χ2n) is 2.72. The highest BCUT2D eigenvalue weighted by Crippen LogP contribution is 2.37. The number of nitrogens with zero attached hydrogens (tertiary/aromatic N) is 1. The molecule has 0 amide bonds. The fraction of sp³-hybridized carbons (Fsp3) is 0.222. The summed E-state index contributed by atoms with van der Waals surface area (Å²) >= 11 is 2.77. The number of rotatable bonds is 1. The maximum atomic E-state index is 12.6. The van der Waals surface area contributed by atoms with Crippen LogP contribution in [-0.2, 0) is 6.18 Å². The van der Waals surface area contributed by atoms with Crippen LogP contribution < -0.4 is 0 Å². The van der Waals surface area contributed by atoms with Gasteiger partial charge in [0.1, 0.15) is 10.6 Å². The van der Waals surface area contributed by atoms with Crippen molar-refractivity contribution in [1.82, 2.24) is 0 Å². The van der Waals surface area contributed by atoms with Crippen molar-refractivity contribution in [2.24, 2.45) is 0 Å². The van der Waals surface area contributed by atoms with Crippen molar-refractivity contribution < 1.29 is 17.6 Å². The van der Waals surface area contributed by atoms with E-state index in [-0.39, 0.29) is 5.56 Å². The summed E-state index contributed by atoms with van der Waals surface area (Å²) in [5.74, 6) is -0.983. The molecular weight excluding hydrogens is 278 g/mol. The minimum absolute atomic E-state index is 0.286. The maximum absolute atomic E-state index is 12.6. The van der Waals surface area contributed by atoms with Crippen LogP contribution in [0.1, 0.15) is 16.0 Å². The Kier molecular flexibility index (Phi) is 3.35. The molecule has 1 nitrogen and oxygen atoms in total. The molecule has 6 heteroatoms. The van der Waals surface area contributed by atoms with Crippen LogP contribution in [0.2, 0.25) is 0 Å². The van der Waals surface area contributed by atoms with Crippen LogP contribution in [0.25, 0.3) is 0 Å². The lowest BCUT2D eigenvalue weighted by atomic mass is 10.0. The normalized spacial score (nSPS) is 13.3. The largest absolute Gasteiger partial charge is 0.416 e. The van der Waals surface area contributed by atoms with Gasteiger partial charge in [0, 0.05) is 0 Å². The lowest BCUT2D eigenvalue weighted by Gasteiger charge is -2.13. The quantitative estimate of drug-likeness (QED) is 0.567. The van der Waals surface area contributed by atoms with Gasteiger partial charge in [0.05, 0.1) is 11.6 Å². The molecule has 15 heavy (non-hydrogen) atoms. The fourth-order valence-corrected chi connectivity index (χ4v) is 1.46. The van der Waals surface area contributed by atoms with Gasteiger partial charge in [-0.15, -0.1) is 0 Å². The van der Waals surface area contributed by atoms with E-state index in [0.29, 0.717) is 6.07 Å². The van der Waals surface area contributed by atoms with E-state index in [1.165, 1.54) is 0 Å². The van der Waals surface area contributed by atoms with Crippen LogP contribution in [0.15, 0.2) is 18.2 Å². The van der Waals surface area contributed by atoms with E-state index in [9.17, 15) is 17.6 Å². The molecule has 0 radical (unpaired) electrons. The number of hydrogen-bond donors (Lipinski definition) is 0. The van der Waals surface area contributed by atoms with Gasteiger partial charge in [-0.25, -0.2) is 4.39 Å². The predicted molar refractivity (Wildman–Crippen MR) is 48.7 cm³/mol. The number of halogens is 5. The number of benzene rings is 1. The number of nitriles is 1. The third-order valence-electron chi connectivity index (χ3n) is 1.71. The van der Waals surface area contributed by atoms with Crippen molar-refractivity contribution in [3.8, 4) is 6.07 Å². The molecule has 0 bridgehead atoms. The first-order chi connectivity index (χ1) is 6.86. The van der Waals surface area contributed by atoms with Crippen LogP contribution in [0.3, 0.4) is 0 Å². The third-order valence-corrected chi connectivity index (χ3v) is 2.41. The van der Waals surface area contributed by atoms with E-state index in [0.717, 1.165) is 12.1 Å². The zero-order valence-corrected chi connectivity index (χ0v) is 8.73. The molecule has 0 aromatic heterocycles. The molecule has 0 saturated carbocycles. The van der Waals surface area contributed by atoms with Gasteiger partial charge in [0.2, 0.25) is 0 Å².